The monoisotopic (exact) mass is 411 g/mol. The summed E-state index contributed by atoms with van der Waals surface area (Å²) < 4.78 is 5.93. The molecule has 2 aromatic carbocycles. The van der Waals surface area contributed by atoms with Gasteiger partial charge in [-0.25, -0.2) is 0 Å². The first kappa shape index (κ1) is 19.0. The molecule has 4 N–H and O–H groups in total. The number of nitrogens with zero attached hydrogens (tertiary/aromatic N) is 2. The van der Waals surface area contributed by atoms with Crippen LogP contribution in [0.5, 0.6) is 5.75 Å². The van der Waals surface area contributed by atoms with E-state index in [0.717, 1.165) is 16.6 Å². The first-order valence-corrected chi connectivity index (χ1v) is 10.0. The predicted molar refractivity (Wildman–Crippen MR) is 121 cm³/mol. The van der Waals surface area contributed by atoms with Crippen LogP contribution in [0.2, 0.25) is 0 Å². The second kappa shape index (κ2) is 8.04. The van der Waals surface area contributed by atoms with Crippen LogP contribution in [0.4, 0.5) is 0 Å². The number of pyridine rings is 1. The van der Waals surface area contributed by atoms with E-state index >= 15 is 0 Å². The maximum absolute atomic E-state index is 12.1. The molecule has 154 valence electrons. The number of rotatable bonds is 6. The van der Waals surface area contributed by atoms with Crippen molar-refractivity contribution < 1.29 is 4.74 Å². The van der Waals surface area contributed by atoms with Gasteiger partial charge >= 0.3 is 0 Å². The summed E-state index contributed by atoms with van der Waals surface area (Å²) in [6.07, 6.45) is 7.40. The molecule has 0 saturated carbocycles. The number of aromatic nitrogens is 4. The van der Waals surface area contributed by atoms with E-state index in [0.29, 0.717) is 29.7 Å². The Hall–Kier alpha value is -3.97. The van der Waals surface area contributed by atoms with Crippen molar-refractivity contribution in [2.24, 2.45) is 5.73 Å². The first-order chi connectivity index (χ1) is 15.2. The van der Waals surface area contributed by atoms with Crippen LogP contribution in [-0.4, -0.2) is 32.8 Å². The molecule has 3 heterocycles. The van der Waals surface area contributed by atoms with Crippen molar-refractivity contribution in [2.45, 2.75) is 12.5 Å². The Morgan fingerprint density at radius 1 is 0.968 bits per heavy atom. The molecule has 0 saturated heterocycles. The predicted octanol–water partition coefficient (Wildman–Crippen LogP) is 3.42. The van der Waals surface area contributed by atoms with Crippen LogP contribution in [0, 0.1) is 0 Å². The second-order valence-corrected chi connectivity index (χ2v) is 7.54. The van der Waals surface area contributed by atoms with Crippen LogP contribution in [0.1, 0.15) is 5.56 Å². The molecule has 0 amide bonds. The molecule has 0 fully saturated rings. The number of H-pyrrole nitrogens is 2. The summed E-state index contributed by atoms with van der Waals surface area (Å²) in [5.41, 5.74) is 10.9. The number of aromatic amines is 2. The number of hydrogen-bond donors (Lipinski definition) is 3. The van der Waals surface area contributed by atoms with Gasteiger partial charge in [-0.05, 0) is 41.8 Å². The molecule has 0 aliphatic carbocycles. The molecule has 3 aromatic heterocycles. The standard InChI is InChI=1S/C24H21N5O2/c25-18(7-17-11-27-22-4-2-1-3-20(17)22)14-31-19-8-16(10-26-12-19)15-5-6-23-21(9-15)24(30)13-28-29-23/h1-6,8-13,18,27H,7,14,25H2,(H,29,30)/t18-/m1/s1. The Morgan fingerprint density at radius 2 is 1.87 bits per heavy atom. The molecule has 1 atom stereocenters. The zero-order valence-corrected chi connectivity index (χ0v) is 16.7. The zero-order valence-electron chi connectivity index (χ0n) is 16.7. The van der Waals surface area contributed by atoms with Crippen LogP contribution >= 0.6 is 0 Å². The van der Waals surface area contributed by atoms with Crippen molar-refractivity contribution in [3.63, 3.8) is 0 Å². The van der Waals surface area contributed by atoms with Gasteiger partial charge in [0.2, 0.25) is 5.43 Å². The maximum Gasteiger partial charge on any atom is 0.207 e. The van der Waals surface area contributed by atoms with Gasteiger partial charge in [-0.3, -0.25) is 14.9 Å². The van der Waals surface area contributed by atoms with E-state index in [1.54, 1.807) is 12.4 Å². The summed E-state index contributed by atoms with van der Waals surface area (Å²) in [7, 11) is 0. The highest BCUT2D eigenvalue weighted by Gasteiger charge is 2.11. The minimum atomic E-state index is -0.158. The van der Waals surface area contributed by atoms with Crippen LogP contribution in [-0.2, 0) is 6.42 Å². The highest BCUT2D eigenvalue weighted by Crippen LogP contribution is 2.25. The topological polar surface area (TPSA) is 110 Å². The van der Waals surface area contributed by atoms with Gasteiger partial charge in [-0.15, -0.1) is 0 Å². The summed E-state index contributed by atoms with van der Waals surface area (Å²) in [6.45, 7) is 0.369. The van der Waals surface area contributed by atoms with Gasteiger partial charge in [-0.2, -0.15) is 5.10 Å². The number of benzene rings is 2. The number of nitrogens with two attached hydrogens (primary N) is 1. The average Bonchev–Trinajstić information content (AvgIpc) is 3.21. The van der Waals surface area contributed by atoms with E-state index in [1.165, 1.54) is 17.1 Å². The lowest BCUT2D eigenvalue weighted by Crippen LogP contribution is -2.30. The molecule has 5 rings (SSSR count). The second-order valence-electron chi connectivity index (χ2n) is 7.54. The van der Waals surface area contributed by atoms with Crippen LogP contribution in [0.25, 0.3) is 32.9 Å². The molecule has 0 radical (unpaired) electrons. The van der Waals surface area contributed by atoms with Gasteiger partial charge in [0.25, 0.3) is 0 Å². The van der Waals surface area contributed by atoms with Crippen molar-refractivity contribution in [1.29, 1.82) is 0 Å². The summed E-state index contributed by atoms with van der Waals surface area (Å²) >= 11 is 0. The molecular weight excluding hydrogens is 390 g/mol. The lowest BCUT2D eigenvalue weighted by Gasteiger charge is -2.13. The van der Waals surface area contributed by atoms with Gasteiger partial charge in [0.05, 0.1) is 17.9 Å². The van der Waals surface area contributed by atoms with Gasteiger partial charge in [0.15, 0.2) is 0 Å². The van der Waals surface area contributed by atoms with E-state index in [9.17, 15) is 4.79 Å². The summed E-state index contributed by atoms with van der Waals surface area (Å²) in [4.78, 5) is 19.6. The third kappa shape index (κ3) is 3.91. The highest BCUT2D eigenvalue weighted by molar-refractivity contribution is 5.84. The fraction of sp³-hybridized carbons (Fsp3) is 0.125. The van der Waals surface area contributed by atoms with Crippen LogP contribution < -0.4 is 15.9 Å². The number of hydrogen-bond acceptors (Lipinski definition) is 5. The van der Waals surface area contributed by atoms with Crippen molar-refractivity contribution >= 4 is 21.8 Å². The largest absolute Gasteiger partial charge is 0.490 e. The van der Waals surface area contributed by atoms with E-state index in [2.05, 4.69) is 32.3 Å². The maximum atomic E-state index is 12.1. The minimum Gasteiger partial charge on any atom is -0.490 e. The quantitative estimate of drug-likeness (QED) is 0.397. The van der Waals surface area contributed by atoms with E-state index < -0.39 is 0 Å². The Balaban J connectivity index is 1.30. The van der Waals surface area contributed by atoms with E-state index in [1.807, 2.05) is 42.6 Å². The summed E-state index contributed by atoms with van der Waals surface area (Å²) in [6, 6.07) is 15.5. The van der Waals surface area contributed by atoms with Crippen molar-refractivity contribution in [1.82, 2.24) is 20.2 Å². The van der Waals surface area contributed by atoms with Crippen molar-refractivity contribution in [2.75, 3.05) is 6.61 Å². The third-order valence-corrected chi connectivity index (χ3v) is 5.32. The van der Waals surface area contributed by atoms with Gasteiger partial charge in [-0.1, -0.05) is 24.3 Å². The summed E-state index contributed by atoms with van der Waals surface area (Å²) in [5, 5.41) is 8.43. The SMILES string of the molecule is N[C@@H](COc1cncc(-c2ccc3[nH]ncc(=O)c3c2)c1)Cc1c[nH]c2ccccc12. The molecule has 0 unspecified atom stereocenters. The molecular formula is C24H21N5O2. The number of para-hydroxylation sites is 1. The van der Waals surface area contributed by atoms with Gasteiger partial charge in [0, 0.05) is 40.3 Å². The number of nitrogens with one attached hydrogen (secondary N) is 2. The Labute approximate surface area is 177 Å². The summed E-state index contributed by atoms with van der Waals surface area (Å²) in [5.74, 6) is 0.635. The third-order valence-electron chi connectivity index (χ3n) is 5.32. The average molecular weight is 411 g/mol. The van der Waals surface area contributed by atoms with Gasteiger partial charge < -0.3 is 15.5 Å². The molecule has 7 heteroatoms. The lowest BCUT2D eigenvalue weighted by atomic mass is 10.0. The molecule has 7 nitrogen and oxygen atoms in total. The fourth-order valence-electron chi connectivity index (χ4n) is 3.76. The number of fused-ring (bicyclic) bond motifs is 2. The molecule has 0 spiro atoms. The molecule has 0 aliphatic rings. The number of ether oxygens (including phenoxy) is 1. The smallest absolute Gasteiger partial charge is 0.207 e. The Bertz CT molecular complexity index is 1420. The lowest BCUT2D eigenvalue weighted by molar-refractivity contribution is 0.287. The van der Waals surface area contributed by atoms with Crippen molar-refractivity contribution in [3.8, 4) is 16.9 Å². The van der Waals surface area contributed by atoms with Crippen molar-refractivity contribution in [3.05, 3.63) is 89.1 Å². The molecule has 0 aliphatic heterocycles. The fourth-order valence-corrected chi connectivity index (χ4v) is 3.76. The Kier molecular flexibility index (Phi) is 4.93. The highest BCUT2D eigenvalue weighted by atomic mass is 16.5. The van der Waals surface area contributed by atoms with Crippen LogP contribution in [0.15, 0.2) is 78.1 Å². The molecule has 5 aromatic rings. The molecule has 0 bridgehead atoms. The van der Waals surface area contributed by atoms with E-state index in [4.69, 9.17) is 10.5 Å². The molecule has 31 heavy (non-hydrogen) atoms. The normalized spacial score (nSPS) is 12.3. The first-order valence-electron chi connectivity index (χ1n) is 10.0. The minimum absolute atomic E-state index is 0.126. The van der Waals surface area contributed by atoms with E-state index in [-0.39, 0.29) is 11.5 Å². The van der Waals surface area contributed by atoms with Gasteiger partial charge in [0.1, 0.15) is 12.4 Å². The van der Waals surface area contributed by atoms with Crippen LogP contribution in [0.3, 0.4) is 0 Å². The zero-order chi connectivity index (χ0) is 21.2. The Morgan fingerprint density at radius 3 is 2.81 bits per heavy atom.